The summed E-state index contributed by atoms with van der Waals surface area (Å²) in [6, 6.07) is 8.91. The molecule has 0 amide bonds. The molecule has 1 N–H and O–H groups in total. The molecule has 4 nitrogen and oxygen atoms in total. The summed E-state index contributed by atoms with van der Waals surface area (Å²) in [5.41, 5.74) is 2.70. The van der Waals surface area contributed by atoms with E-state index >= 15 is 0 Å². The van der Waals surface area contributed by atoms with Crippen molar-refractivity contribution in [3.05, 3.63) is 40.8 Å². The molecule has 2 aromatic rings. The third-order valence-corrected chi connectivity index (χ3v) is 4.47. The first-order valence-corrected chi connectivity index (χ1v) is 7.85. The van der Waals surface area contributed by atoms with Crippen LogP contribution in [0.1, 0.15) is 35.4 Å². The number of aryl methyl sites for hydroxylation is 2. The van der Waals surface area contributed by atoms with E-state index in [0.717, 1.165) is 28.5 Å². The Balaban J connectivity index is 1.76. The maximum atomic E-state index is 9.34. The Kier molecular flexibility index (Phi) is 4.00. The normalized spacial score (nSPS) is 14.1. The van der Waals surface area contributed by atoms with Crippen molar-refractivity contribution in [2.24, 2.45) is 0 Å². The fraction of sp³-hybridized carbons (Fsp3) is 0.375. The molecule has 1 aliphatic rings. The number of benzene rings is 1. The van der Waals surface area contributed by atoms with Gasteiger partial charge in [-0.15, -0.1) is 0 Å². The van der Waals surface area contributed by atoms with Crippen molar-refractivity contribution in [3.8, 4) is 6.07 Å². The molecule has 0 atom stereocenters. The minimum absolute atomic E-state index is 0.588. The quantitative estimate of drug-likeness (QED) is 0.914. The maximum Gasteiger partial charge on any atom is 0.261 e. The first-order chi connectivity index (χ1) is 10.2. The zero-order valence-electron chi connectivity index (χ0n) is 12.1. The highest BCUT2D eigenvalue weighted by molar-refractivity contribution is 7.99. The van der Waals surface area contributed by atoms with Crippen LogP contribution in [-0.4, -0.2) is 11.0 Å². The Labute approximate surface area is 128 Å². The van der Waals surface area contributed by atoms with Crippen molar-refractivity contribution >= 4 is 11.8 Å². The van der Waals surface area contributed by atoms with Gasteiger partial charge in [0.15, 0.2) is 0 Å². The molecule has 5 heteroatoms. The minimum Gasteiger partial charge on any atom is -0.436 e. The second kappa shape index (κ2) is 5.92. The second-order valence-corrected chi connectivity index (χ2v) is 6.31. The fourth-order valence-electron chi connectivity index (χ4n) is 1.99. The highest BCUT2D eigenvalue weighted by Crippen LogP contribution is 2.31. The number of oxazole rings is 1. The average molecular weight is 299 g/mol. The molecule has 1 aromatic carbocycles. The van der Waals surface area contributed by atoms with Crippen molar-refractivity contribution in [3.63, 3.8) is 0 Å². The molecule has 1 aliphatic carbocycles. The predicted molar refractivity (Wildman–Crippen MR) is 81.1 cm³/mol. The summed E-state index contributed by atoms with van der Waals surface area (Å²) in [5.74, 6) is 0.821. The van der Waals surface area contributed by atoms with Crippen molar-refractivity contribution in [2.75, 3.05) is 0 Å². The molecule has 21 heavy (non-hydrogen) atoms. The molecular weight excluding hydrogens is 282 g/mol. The van der Waals surface area contributed by atoms with E-state index in [1.807, 2.05) is 26.0 Å². The number of aromatic nitrogens is 1. The van der Waals surface area contributed by atoms with Gasteiger partial charge in [0.1, 0.15) is 11.8 Å². The molecule has 0 bridgehead atoms. The summed E-state index contributed by atoms with van der Waals surface area (Å²) in [5, 5.41) is 13.4. The first kappa shape index (κ1) is 14.2. The molecule has 0 saturated heterocycles. The van der Waals surface area contributed by atoms with E-state index in [9.17, 15) is 5.26 Å². The van der Waals surface area contributed by atoms with Gasteiger partial charge in [-0.05, 0) is 56.1 Å². The van der Waals surface area contributed by atoms with Gasteiger partial charge in [-0.3, -0.25) is 0 Å². The van der Waals surface area contributed by atoms with Gasteiger partial charge in [0.25, 0.3) is 5.22 Å². The van der Waals surface area contributed by atoms with E-state index < -0.39 is 0 Å². The lowest BCUT2D eigenvalue weighted by molar-refractivity contribution is 0.431. The largest absolute Gasteiger partial charge is 0.436 e. The highest BCUT2D eigenvalue weighted by atomic mass is 32.2. The molecule has 0 radical (unpaired) electrons. The summed E-state index contributed by atoms with van der Waals surface area (Å²) in [7, 11) is 0. The summed E-state index contributed by atoms with van der Waals surface area (Å²) < 4.78 is 5.57. The topological polar surface area (TPSA) is 61.9 Å². The van der Waals surface area contributed by atoms with Gasteiger partial charge in [-0.1, -0.05) is 6.07 Å². The van der Waals surface area contributed by atoms with Gasteiger partial charge in [-0.25, -0.2) is 4.98 Å². The van der Waals surface area contributed by atoms with E-state index in [1.54, 1.807) is 0 Å². The van der Waals surface area contributed by atoms with Crippen molar-refractivity contribution < 1.29 is 4.42 Å². The molecule has 3 rings (SSSR count). The van der Waals surface area contributed by atoms with Crippen molar-refractivity contribution in [1.82, 2.24) is 10.3 Å². The Bertz CT molecular complexity index is 679. The number of nitrogens with zero attached hydrogens (tertiary/aromatic N) is 2. The lowest BCUT2D eigenvalue weighted by Crippen LogP contribution is -2.15. The number of rotatable bonds is 5. The number of nitriles is 1. The van der Waals surface area contributed by atoms with Crippen molar-refractivity contribution in [2.45, 2.75) is 49.4 Å². The molecule has 1 fully saturated rings. The number of hydrogen-bond donors (Lipinski definition) is 1. The molecule has 0 aliphatic heterocycles. The lowest BCUT2D eigenvalue weighted by Gasteiger charge is -2.06. The van der Waals surface area contributed by atoms with E-state index in [1.165, 1.54) is 24.6 Å². The zero-order chi connectivity index (χ0) is 14.8. The monoisotopic (exact) mass is 299 g/mol. The van der Waals surface area contributed by atoms with Crippen LogP contribution in [0.25, 0.3) is 0 Å². The maximum absolute atomic E-state index is 9.34. The van der Waals surface area contributed by atoms with E-state index in [0.29, 0.717) is 16.8 Å². The van der Waals surface area contributed by atoms with Crippen LogP contribution in [0.15, 0.2) is 32.7 Å². The smallest absolute Gasteiger partial charge is 0.261 e. The summed E-state index contributed by atoms with van der Waals surface area (Å²) >= 11 is 1.40. The van der Waals surface area contributed by atoms with Gasteiger partial charge in [0, 0.05) is 17.5 Å². The van der Waals surface area contributed by atoms with Crippen LogP contribution < -0.4 is 5.32 Å². The van der Waals surface area contributed by atoms with Crippen molar-refractivity contribution in [1.29, 1.82) is 5.26 Å². The van der Waals surface area contributed by atoms with Gasteiger partial charge in [0.05, 0.1) is 11.3 Å². The Morgan fingerprint density at radius 3 is 2.86 bits per heavy atom. The third kappa shape index (κ3) is 3.46. The zero-order valence-corrected chi connectivity index (χ0v) is 13.0. The Hall–Kier alpha value is -1.77. The number of hydrogen-bond acceptors (Lipinski definition) is 5. The number of nitrogens with one attached hydrogen (secondary N) is 1. The fourth-order valence-corrected chi connectivity index (χ4v) is 2.88. The van der Waals surface area contributed by atoms with E-state index in [2.05, 4.69) is 22.4 Å². The average Bonchev–Trinajstić information content (AvgIpc) is 3.24. The highest BCUT2D eigenvalue weighted by Gasteiger charge is 2.20. The third-order valence-electron chi connectivity index (χ3n) is 3.54. The SMILES string of the molecule is Cc1nc(Sc2ccc(CNC3CC3)cc2C#N)oc1C. The predicted octanol–water partition coefficient (Wildman–Crippen LogP) is 3.57. The van der Waals surface area contributed by atoms with Gasteiger partial charge in [-0.2, -0.15) is 5.26 Å². The molecular formula is C16H17N3OS. The minimum atomic E-state index is 0.588. The van der Waals surface area contributed by atoms with Gasteiger partial charge >= 0.3 is 0 Å². The molecule has 108 valence electrons. The molecule has 1 aromatic heterocycles. The molecule has 0 unspecified atom stereocenters. The molecule has 1 saturated carbocycles. The van der Waals surface area contributed by atoms with Crippen LogP contribution in [0.3, 0.4) is 0 Å². The standard InChI is InChI=1S/C16H17N3OS/c1-10-11(2)20-16(19-10)21-15-6-3-12(7-13(15)8-17)9-18-14-4-5-14/h3,6-7,14,18H,4-5,9H2,1-2H3. The Morgan fingerprint density at radius 2 is 2.24 bits per heavy atom. The lowest BCUT2D eigenvalue weighted by atomic mass is 10.1. The summed E-state index contributed by atoms with van der Waals surface area (Å²) in [6.07, 6.45) is 2.53. The van der Waals surface area contributed by atoms with E-state index in [-0.39, 0.29) is 0 Å². The van der Waals surface area contributed by atoms with Crippen LogP contribution in [-0.2, 0) is 6.54 Å². The van der Waals surface area contributed by atoms with Crippen LogP contribution in [0.2, 0.25) is 0 Å². The van der Waals surface area contributed by atoms with Crippen LogP contribution in [0, 0.1) is 25.2 Å². The van der Waals surface area contributed by atoms with Gasteiger partial charge in [0.2, 0.25) is 0 Å². The van der Waals surface area contributed by atoms with Crippen LogP contribution >= 0.6 is 11.8 Å². The summed E-state index contributed by atoms with van der Waals surface area (Å²) in [4.78, 5) is 5.23. The van der Waals surface area contributed by atoms with E-state index in [4.69, 9.17) is 4.42 Å². The molecule has 1 heterocycles. The van der Waals surface area contributed by atoms with Crippen LogP contribution in [0.4, 0.5) is 0 Å². The van der Waals surface area contributed by atoms with Gasteiger partial charge < -0.3 is 9.73 Å². The summed E-state index contributed by atoms with van der Waals surface area (Å²) in [6.45, 7) is 4.63. The first-order valence-electron chi connectivity index (χ1n) is 7.04. The molecule has 0 spiro atoms. The van der Waals surface area contributed by atoms with Crippen LogP contribution in [0.5, 0.6) is 0 Å². The second-order valence-electron chi connectivity index (χ2n) is 5.32. The Morgan fingerprint density at radius 1 is 1.43 bits per heavy atom.